The maximum Gasteiger partial charge on any atom is 0.255 e. The zero-order valence-corrected chi connectivity index (χ0v) is 19.0. The van der Waals surface area contributed by atoms with Crippen molar-refractivity contribution in [3.8, 4) is 17.0 Å². The van der Waals surface area contributed by atoms with Crippen molar-refractivity contribution in [1.82, 2.24) is 20.4 Å². The Morgan fingerprint density at radius 3 is 2.65 bits per heavy atom. The molecular weight excluding hydrogens is 446 g/mol. The first-order valence-corrected chi connectivity index (χ1v) is 11.8. The highest BCUT2D eigenvalue weighted by molar-refractivity contribution is 7.98. The molecule has 7 nitrogen and oxygen atoms in total. The molecule has 168 valence electrons. The largest absolute Gasteiger partial charge is 0.483 e. The van der Waals surface area contributed by atoms with Gasteiger partial charge >= 0.3 is 0 Å². The quantitative estimate of drug-likeness (QED) is 0.230. The molecule has 0 fully saturated rings. The zero-order chi connectivity index (χ0) is 23.2. The number of benzene rings is 3. The van der Waals surface area contributed by atoms with Crippen molar-refractivity contribution >= 4 is 34.5 Å². The van der Waals surface area contributed by atoms with Crippen LogP contribution in [0.2, 0.25) is 0 Å². The first-order valence-electron chi connectivity index (χ1n) is 10.7. The molecule has 34 heavy (non-hydrogen) atoms. The zero-order valence-electron chi connectivity index (χ0n) is 18.1. The van der Waals surface area contributed by atoms with Crippen LogP contribution in [0.3, 0.4) is 0 Å². The molecule has 0 aliphatic heterocycles. The van der Waals surface area contributed by atoms with E-state index in [-0.39, 0.29) is 5.91 Å². The summed E-state index contributed by atoms with van der Waals surface area (Å²) in [5, 5.41) is 13.4. The third kappa shape index (κ3) is 5.24. The van der Waals surface area contributed by atoms with Crippen LogP contribution in [-0.2, 0) is 5.75 Å². The molecule has 8 heteroatoms. The molecule has 1 amide bonds. The van der Waals surface area contributed by atoms with Gasteiger partial charge in [-0.1, -0.05) is 47.7 Å². The molecule has 5 rings (SSSR count). The van der Waals surface area contributed by atoms with E-state index in [2.05, 4.69) is 37.8 Å². The fourth-order valence-corrected chi connectivity index (χ4v) is 4.13. The summed E-state index contributed by atoms with van der Waals surface area (Å²) in [5.41, 5.74) is 5.36. The van der Waals surface area contributed by atoms with Gasteiger partial charge in [-0.3, -0.25) is 9.89 Å². The number of nitrogens with zero attached hydrogens (tertiary/aromatic N) is 3. The normalized spacial score (nSPS) is 10.8. The second kappa shape index (κ2) is 10.2. The van der Waals surface area contributed by atoms with Gasteiger partial charge in [0, 0.05) is 22.6 Å². The second-order valence-corrected chi connectivity index (χ2v) is 8.47. The first kappa shape index (κ1) is 21.7. The van der Waals surface area contributed by atoms with Crippen molar-refractivity contribution in [2.24, 2.45) is 0 Å². The van der Waals surface area contributed by atoms with E-state index in [1.54, 1.807) is 17.8 Å². The number of thioether (sulfide) groups is 1. The summed E-state index contributed by atoms with van der Waals surface area (Å²) in [6, 6.07) is 28.7. The maximum absolute atomic E-state index is 12.8. The Morgan fingerprint density at radius 1 is 0.941 bits per heavy atom. The molecule has 0 atom stereocenters. The van der Waals surface area contributed by atoms with Crippen LogP contribution in [0.25, 0.3) is 22.4 Å². The van der Waals surface area contributed by atoms with E-state index >= 15 is 0 Å². The maximum atomic E-state index is 12.8. The summed E-state index contributed by atoms with van der Waals surface area (Å²) >= 11 is 1.71. The Balaban J connectivity index is 1.17. The number of nitrogens with one attached hydrogen (secondary N) is 2. The lowest BCUT2D eigenvalue weighted by atomic mass is 10.1. The van der Waals surface area contributed by atoms with Crippen molar-refractivity contribution in [1.29, 1.82) is 0 Å². The number of H-pyrrole nitrogens is 1. The van der Waals surface area contributed by atoms with Crippen LogP contribution in [0, 0.1) is 0 Å². The molecular formula is C26H21N5O2S. The van der Waals surface area contributed by atoms with E-state index in [9.17, 15) is 4.79 Å². The SMILES string of the molecule is O=C(Nc1ccc(OCSCc2ccccc2)cc1)c1cccc(-c2ccc3[nH]nnc3n2)c1. The fraction of sp³-hybridized carbons (Fsp3) is 0.0769. The number of carbonyl (C=O) groups excluding carboxylic acids is 1. The lowest BCUT2D eigenvalue weighted by Gasteiger charge is -2.09. The summed E-state index contributed by atoms with van der Waals surface area (Å²) in [5.74, 6) is 2.02. The summed E-state index contributed by atoms with van der Waals surface area (Å²) in [6.07, 6.45) is 0. The predicted octanol–water partition coefficient (Wildman–Crippen LogP) is 5.54. The fourth-order valence-electron chi connectivity index (χ4n) is 3.40. The van der Waals surface area contributed by atoms with Crippen LogP contribution in [0.5, 0.6) is 5.75 Å². The third-order valence-electron chi connectivity index (χ3n) is 5.14. The number of hydrogen-bond acceptors (Lipinski definition) is 6. The van der Waals surface area contributed by atoms with Crippen LogP contribution in [0.4, 0.5) is 5.69 Å². The van der Waals surface area contributed by atoms with Gasteiger partial charge in [0.05, 0.1) is 5.69 Å². The average Bonchev–Trinajstić information content (AvgIpc) is 3.36. The summed E-state index contributed by atoms with van der Waals surface area (Å²) in [4.78, 5) is 17.3. The number of hydrogen-bond donors (Lipinski definition) is 2. The minimum atomic E-state index is -0.198. The Bertz CT molecular complexity index is 1400. The van der Waals surface area contributed by atoms with Crippen molar-refractivity contribution < 1.29 is 9.53 Å². The Hall–Kier alpha value is -4.17. The van der Waals surface area contributed by atoms with Gasteiger partial charge in [-0.15, -0.1) is 16.9 Å². The minimum Gasteiger partial charge on any atom is -0.483 e. The molecule has 3 aromatic carbocycles. The minimum absolute atomic E-state index is 0.198. The van der Waals surface area contributed by atoms with E-state index in [4.69, 9.17) is 4.74 Å². The first-order chi connectivity index (χ1) is 16.7. The van der Waals surface area contributed by atoms with Gasteiger partial charge in [-0.2, -0.15) is 0 Å². The third-order valence-corrected chi connectivity index (χ3v) is 5.97. The van der Waals surface area contributed by atoms with E-state index in [1.165, 1.54) is 5.56 Å². The van der Waals surface area contributed by atoms with Crippen molar-refractivity contribution in [3.63, 3.8) is 0 Å². The molecule has 0 radical (unpaired) electrons. The number of fused-ring (bicyclic) bond motifs is 1. The molecule has 2 aromatic heterocycles. The molecule has 0 spiro atoms. The van der Waals surface area contributed by atoms with Gasteiger partial charge in [0.2, 0.25) is 5.65 Å². The van der Waals surface area contributed by atoms with Gasteiger partial charge < -0.3 is 10.1 Å². The molecule has 0 saturated heterocycles. The predicted molar refractivity (Wildman–Crippen MR) is 135 cm³/mol. The second-order valence-electron chi connectivity index (χ2n) is 7.54. The number of ether oxygens (including phenoxy) is 1. The van der Waals surface area contributed by atoms with E-state index in [0.717, 1.165) is 28.3 Å². The molecule has 2 heterocycles. The Morgan fingerprint density at radius 2 is 1.79 bits per heavy atom. The number of aromatic nitrogens is 4. The highest BCUT2D eigenvalue weighted by Gasteiger charge is 2.10. The van der Waals surface area contributed by atoms with E-state index in [0.29, 0.717) is 22.8 Å². The monoisotopic (exact) mass is 467 g/mol. The molecule has 0 bridgehead atoms. The van der Waals surface area contributed by atoms with Gasteiger partial charge in [0.25, 0.3) is 5.91 Å². The average molecular weight is 468 g/mol. The summed E-state index contributed by atoms with van der Waals surface area (Å²) < 4.78 is 5.79. The van der Waals surface area contributed by atoms with Gasteiger partial charge in [-0.05, 0) is 54.1 Å². The summed E-state index contributed by atoms with van der Waals surface area (Å²) in [7, 11) is 0. The highest BCUT2D eigenvalue weighted by Crippen LogP contribution is 2.22. The molecule has 0 aliphatic carbocycles. The number of pyridine rings is 1. The van der Waals surface area contributed by atoms with Gasteiger partial charge in [0.1, 0.15) is 17.2 Å². The van der Waals surface area contributed by atoms with Crippen LogP contribution < -0.4 is 10.1 Å². The van der Waals surface area contributed by atoms with Crippen LogP contribution in [-0.4, -0.2) is 32.2 Å². The lowest BCUT2D eigenvalue weighted by molar-refractivity contribution is 0.102. The highest BCUT2D eigenvalue weighted by atomic mass is 32.2. The van der Waals surface area contributed by atoms with Crippen LogP contribution >= 0.6 is 11.8 Å². The van der Waals surface area contributed by atoms with Crippen molar-refractivity contribution in [2.45, 2.75) is 5.75 Å². The topological polar surface area (TPSA) is 92.8 Å². The number of amides is 1. The Labute approximate surface area is 200 Å². The standard InChI is InChI=1S/C26H21N5O2S/c32-26(20-8-4-7-19(15-20)23-13-14-24-25(28-23)30-31-29-24)27-21-9-11-22(12-10-21)33-17-34-16-18-5-2-1-3-6-18/h1-15H,16-17H2,(H,27,32)(H,28,29,30,31). The molecule has 2 N–H and O–H groups in total. The van der Waals surface area contributed by atoms with Gasteiger partial charge in [0.15, 0.2) is 0 Å². The summed E-state index contributed by atoms with van der Waals surface area (Å²) in [6.45, 7) is 0. The Kier molecular flexibility index (Phi) is 6.49. The lowest BCUT2D eigenvalue weighted by Crippen LogP contribution is -2.11. The number of carbonyl (C=O) groups is 1. The molecule has 5 aromatic rings. The smallest absolute Gasteiger partial charge is 0.255 e. The van der Waals surface area contributed by atoms with E-state index in [1.807, 2.05) is 72.8 Å². The molecule has 0 saturated carbocycles. The molecule has 0 aliphatic rings. The number of aromatic amines is 1. The molecule has 0 unspecified atom stereocenters. The van der Waals surface area contributed by atoms with E-state index < -0.39 is 0 Å². The van der Waals surface area contributed by atoms with Gasteiger partial charge in [-0.25, -0.2) is 4.98 Å². The number of rotatable bonds is 8. The van der Waals surface area contributed by atoms with Crippen molar-refractivity contribution in [3.05, 3.63) is 102 Å². The number of anilines is 1. The van der Waals surface area contributed by atoms with Crippen LogP contribution in [0.1, 0.15) is 15.9 Å². The van der Waals surface area contributed by atoms with Crippen LogP contribution in [0.15, 0.2) is 91.0 Å². The van der Waals surface area contributed by atoms with Crippen molar-refractivity contribution in [2.75, 3.05) is 11.3 Å².